The van der Waals surface area contributed by atoms with E-state index in [9.17, 15) is 4.79 Å². The van der Waals surface area contributed by atoms with Gasteiger partial charge in [0.15, 0.2) is 0 Å². The number of hydrogen-bond acceptors (Lipinski definition) is 2. The van der Waals surface area contributed by atoms with E-state index in [-0.39, 0.29) is 12.0 Å². The fraction of sp³-hybridized carbons (Fsp3) is 0.389. The van der Waals surface area contributed by atoms with E-state index in [1.807, 2.05) is 50.2 Å². The number of rotatable bonds is 5. The van der Waals surface area contributed by atoms with E-state index in [1.165, 1.54) is 0 Å². The lowest BCUT2D eigenvalue weighted by Crippen LogP contribution is -2.31. The van der Waals surface area contributed by atoms with Gasteiger partial charge >= 0.3 is 0 Å². The van der Waals surface area contributed by atoms with Crippen molar-refractivity contribution in [1.29, 1.82) is 0 Å². The van der Waals surface area contributed by atoms with Crippen LogP contribution in [0.1, 0.15) is 34.1 Å². The van der Waals surface area contributed by atoms with Gasteiger partial charge in [-0.2, -0.15) is 0 Å². The number of nitrogens with one attached hydrogen (secondary N) is 1. The molecule has 0 aliphatic rings. The van der Waals surface area contributed by atoms with E-state index < -0.39 is 4.32 Å². The highest BCUT2D eigenvalue weighted by molar-refractivity contribution is 9.10. The lowest BCUT2D eigenvalue weighted by molar-refractivity contribution is -0.117. The third-order valence-electron chi connectivity index (χ3n) is 3.58. The largest absolute Gasteiger partial charge is 0.490 e. The zero-order valence-electron chi connectivity index (χ0n) is 13.4. The second-order valence-corrected chi connectivity index (χ2v) is 7.90. The topological polar surface area (TPSA) is 38.3 Å². The maximum Gasteiger partial charge on any atom is 0.240 e. The number of amides is 1. The molecule has 0 heterocycles. The van der Waals surface area contributed by atoms with Gasteiger partial charge in [-0.3, -0.25) is 4.79 Å². The fourth-order valence-electron chi connectivity index (χ4n) is 2.05. The van der Waals surface area contributed by atoms with Crippen molar-refractivity contribution in [3.63, 3.8) is 0 Å². The highest BCUT2D eigenvalue weighted by atomic mass is 79.9. The molecule has 4 heteroatoms. The van der Waals surface area contributed by atoms with Crippen LogP contribution < -0.4 is 10.1 Å². The van der Waals surface area contributed by atoms with Gasteiger partial charge in [0.2, 0.25) is 5.91 Å². The molecule has 0 radical (unpaired) electrons. The zero-order chi connectivity index (χ0) is 16.3. The molecule has 0 bridgehead atoms. The van der Waals surface area contributed by atoms with Crippen LogP contribution >= 0.6 is 15.9 Å². The normalized spacial score (nSPS) is 13.0. The predicted octanol–water partition coefficient (Wildman–Crippen LogP) is 5.13. The molecule has 0 saturated heterocycles. The summed E-state index contributed by atoms with van der Waals surface area (Å²) in [5, 5.41) is 4.97. The van der Waals surface area contributed by atoms with E-state index in [2.05, 4.69) is 35.1 Å². The Labute approximate surface area is 140 Å². The Kier molecular flexibility index (Phi) is 5.12. The lowest BCUT2D eigenvalue weighted by atomic mass is 10.1. The SMILES string of the molecule is CC[C@H](C)Oc1ccc(NC(=O)C(C)(C)Br)c2ccccc12. The standard InChI is InChI=1S/C18H22BrNO2/c1-5-12(2)22-16-11-10-15(20-17(21)18(3,4)19)13-8-6-7-9-14(13)16/h6-12H,5H2,1-4H3,(H,20,21)/t12-/m0/s1. The van der Waals surface area contributed by atoms with Crippen molar-refractivity contribution in [2.45, 2.75) is 44.5 Å². The molecule has 1 atom stereocenters. The molecule has 0 saturated carbocycles. The number of halogens is 1. The lowest BCUT2D eigenvalue weighted by Gasteiger charge is -2.19. The minimum Gasteiger partial charge on any atom is -0.490 e. The van der Waals surface area contributed by atoms with Gasteiger partial charge in [0.05, 0.1) is 10.4 Å². The summed E-state index contributed by atoms with van der Waals surface area (Å²) in [6.07, 6.45) is 1.11. The van der Waals surface area contributed by atoms with E-state index in [0.29, 0.717) is 0 Å². The Morgan fingerprint density at radius 1 is 1.23 bits per heavy atom. The molecular weight excluding hydrogens is 342 g/mol. The molecule has 0 fully saturated rings. The third kappa shape index (κ3) is 3.80. The van der Waals surface area contributed by atoms with Crippen LogP contribution in [0.4, 0.5) is 5.69 Å². The highest BCUT2D eigenvalue weighted by Gasteiger charge is 2.24. The van der Waals surface area contributed by atoms with Gasteiger partial charge < -0.3 is 10.1 Å². The summed E-state index contributed by atoms with van der Waals surface area (Å²) in [5.41, 5.74) is 0.796. The maximum atomic E-state index is 12.2. The Balaban J connectivity index is 2.42. The van der Waals surface area contributed by atoms with Crippen LogP contribution in [0.25, 0.3) is 10.8 Å². The van der Waals surface area contributed by atoms with Gasteiger partial charge in [0.1, 0.15) is 5.75 Å². The van der Waals surface area contributed by atoms with E-state index >= 15 is 0 Å². The van der Waals surface area contributed by atoms with Gasteiger partial charge in [-0.25, -0.2) is 0 Å². The van der Waals surface area contributed by atoms with Gasteiger partial charge in [-0.15, -0.1) is 0 Å². The number of hydrogen-bond donors (Lipinski definition) is 1. The van der Waals surface area contributed by atoms with Crippen LogP contribution in [-0.2, 0) is 4.79 Å². The number of ether oxygens (including phenoxy) is 1. The van der Waals surface area contributed by atoms with Crippen LogP contribution in [0.2, 0.25) is 0 Å². The molecule has 0 aliphatic heterocycles. The number of benzene rings is 2. The Bertz CT molecular complexity index is 676. The first-order valence-corrected chi connectivity index (χ1v) is 8.31. The van der Waals surface area contributed by atoms with Gasteiger partial charge in [-0.05, 0) is 39.3 Å². The minimum absolute atomic E-state index is 0.0757. The molecule has 118 valence electrons. The van der Waals surface area contributed by atoms with Crippen molar-refractivity contribution in [3.8, 4) is 5.75 Å². The molecule has 0 aromatic heterocycles. The minimum atomic E-state index is -0.611. The Morgan fingerprint density at radius 3 is 2.45 bits per heavy atom. The number of alkyl halides is 1. The molecule has 1 amide bonds. The third-order valence-corrected chi connectivity index (χ3v) is 3.94. The molecule has 1 N–H and O–H groups in total. The Morgan fingerprint density at radius 2 is 1.86 bits per heavy atom. The van der Waals surface area contributed by atoms with Crippen LogP contribution in [0.3, 0.4) is 0 Å². The number of carbonyl (C=O) groups is 1. The average Bonchev–Trinajstić information content (AvgIpc) is 2.48. The molecule has 2 aromatic rings. The second-order valence-electron chi connectivity index (χ2n) is 5.92. The Hall–Kier alpha value is -1.55. The molecule has 22 heavy (non-hydrogen) atoms. The van der Waals surface area contributed by atoms with Gasteiger partial charge in [-0.1, -0.05) is 47.1 Å². The summed E-state index contributed by atoms with van der Waals surface area (Å²) in [4.78, 5) is 12.2. The first-order valence-electron chi connectivity index (χ1n) is 7.51. The van der Waals surface area contributed by atoms with Crippen molar-refractivity contribution in [2.24, 2.45) is 0 Å². The molecule has 2 rings (SSSR count). The second kappa shape index (κ2) is 6.69. The molecule has 2 aromatic carbocycles. The number of fused-ring (bicyclic) bond motifs is 1. The van der Waals surface area contributed by atoms with Crippen LogP contribution in [0.15, 0.2) is 36.4 Å². The summed E-state index contributed by atoms with van der Waals surface area (Å²) >= 11 is 3.39. The summed E-state index contributed by atoms with van der Waals surface area (Å²) in [5.74, 6) is 0.772. The van der Waals surface area contributed by atoms with E-state index in [4.69, 9.17) is 4.74 Å². The van der Waals surface area contributed by atoms with Crippen molar-refractivity contribution in [1.82, 2.24) is 0 Å². The predicted molar refractivity (Wildman–Crippen MR) is 96.0 cm³/mol. The summed E-state index contributed by atoms with van der Waals surface area (Å²) in [6, 6.07) is 11.8. The van der Waals surface area contributed by atoms with Crippen molar-refractivity contribution >= 4 is 38.3 Å². The van der Waals surface area contributed by atoms with Crippen LogP contribution in [0, 0.1) is 0 Å². The number of carbonyl (C=O) groups excluding carboxylic acids is 1. The molecular formula is C18H22BrNO2. The summed E-state index contributed by atoms with van der Waals surface area (Å²) < 4.78 is 5.37. The van der Waals surface area contributed by atoms with Crippen molar-refractivity contribution in [2.75, 3.05) is 5.32 Å². The van der Waals surface area contributed by atoms with Crippen molar-refractivity contribution in [3.05, 3.63) is 36.4 Å². The highest BCUT2D eigenvalue weighted by Crippen LogP contribution is 2.33. The summed E-state index contributed by atoms with van der Waals surface area (Å²) in [7, 11) is 0. The molecule has 3 nitrogen and oxygen atoms in total. The smallest absolute Gasteiger partial charge is 0.240 e. The first kappa shape index (κ1) is 16.8. The van der Waals surface area contributed by atoms with E-state index in [0.717, 1.165) is 28.6 Å². The van der Waals surface area contributed by atoms with Crippen LogP contribution in [0.5, 0.6) is 5.75 Å². The monoisotopic (exact) mass is 363 g/mol. The summed E-state index contributed by atoms with van der Waals surface area (Å²) in [6.45, 7) is 7.80. The number of anilines is 1. The van der Waals surface area contributed by atoms with Crippen LogP contribution in [-0.4, -0.2) is 16.3 Å². The first-order chi connectivity index (χ1) is 10.3. The van der Waals surface area contributed by atoms with E-state index in [1.54, 1.807) is 0 Å². The van der Waals surface area contributed by atoms with Crippen molar-refractivity contribution < 1.29 is 9.53 Å². The quantitative estimate of drug-likeness (QED) is 0.747. The van der Waals surface area contributed by atoms with Gasteiger partial charge in [0.25, 0.3) is 0 Å². The molecule has 0 unspecified atom stereocenters. The average molecular weight is 364 g/mol. The maximum absolute atomic E-state index is 12.2. The molecule has 0 spiro atoms. The molecule has 0 aliphatic carbocycles. The van der Waals surface area contributed by atoms with Gasteiger partial charge in [0, 0.05) is 16.5 Å². The fourth-order valence-corrected chi connectivity index (χ4v) is 2.15. The zero-order valence-corrected chi connectivity index (χ0v) is 15.0.